The van der Waals surface area contributed by atoms with Crippen LogP contribution in [0.3, 0.4) is 0 Å². The Morgan fingerprint density at radius 3 is 2.68 bits per heavy atom. The molecule has 0 atom stereocenters. The van der Waals surface area contributed by atoms with E-state index in [4.69, 9.17) is 4.74 Å². The number of nitrogens with one attached hydrogen (secondary N) is 1. The first kappa shape index (κ1) is 18.1. The van der Waals surface area contributed by atoms with Crippen molar-refractivity contribution in [1.82, 2.24) is 0 Å². The fourth-order valence-electron chi connectivity index (χ4n) is 2.12. The molecule has 0 bridgehead atoms. The minimum absolute atomic E-state index is 0.125. The van der Waals surface area contributed by atoms with Gasteiger partial charge in [-0.3, -0.25) is 14.9 Å². The van der Waals surface area contributed by atoms with Crippen molar-refractivity contribution in [2.24, 2.45) is 0 Å². The summed E-state index contributed by atoms with van der Waals surface area (Å²) in [5.41, 5.74) is 0.0290. The highest BCUT2D eigenvalue weighted by atomic mass is 32.1. The Bertz CT molecular complexity index is 898. The molecule has 0 fully saturated rings. The van der Waals surface area contributed by atoms with Crippen molar-refractivity contribution in [2.45, 2.75) is 13.8 Å². The van der Waals surface area contributed by atoms with Crippen molar-refractivity contribution < 1.29 is 19.2 Å². The zero-order valence-electron chi connectivity index (χ0n) is 13.4. The number of ether oxygens (including phenoxy) is 1. The average Bonchev–Trinajstić information content (AvgIpc) is 2.90. The van der Waals surface area contributed by atoms with Gasteiger partial charge in [-0.1, -0.05) is 12.1 Å². The number of amides is 1. The molecule has 128 valence electrons. The Morgan fingerprint density at radius 1 is 1.40 bits per heavy atom. The van der Waals surface area contributed by atoms with Crippen LogP contribution in [0.25, 0.3) is 0 Å². The molecule has 1 N–H and O–H groups in total. The lowest BCUT2D eigenvalue weighted by molar-refractivity contribution is -0.385. The average molecular weight is 359 g/mol. The van der Waals surface area contributed by atoms with Gasteiger partial charge in [0.05, 0.1) is 17.1 Å². The molecule has 1 amide bonds. The Hall–Kier alpha value is -3.25. The summed E-state index contributed by atoms with van der Waals surface area (Å²) in [7, 11) is 0. The second-order valence-electron chi connectivity index (χ2n) is 4.82. The van der Waals surface area contributed by atoms with E-state index < -0.39 is 16.8 Å². The van der Waals surface area contributed by atoms with Crippen molar-refractivity contribution in [3.05, 3.63) is 55.9 Å². The maximum atomic E-state index is 12.4. The van der Waals surface area contributed by atoms with Crippen LogP contribution in [-0.2, 0) is 4.74 Å². The summed E-state index contributed by atoms with van der Waals surface area (Å²) in [5.74, 6) is -1.33. The fourth-order valence-corrected chi connectivity index (χ4v) is 3.17. The third kappa shape index (κ3) is 3.64. The van der Waals surface area contributed by atoms with Gasteiger partial charge in [0.2, 0.25) is 0 Å². The van der Waals surface area contributed by atoms with Crippen LogP contribution in [0, 0.1) is 28.4 Å². The van der Waals surface area contributed by atoms with Gasteiger partial charge in [0.25, 0.3) is 11.6 Å². The molecule has 0 radical (unpaired) electrons. The number of rotatable bonds is 5. The summed E-state index contributed by atoms with van der Waals surface area (Å²) < 4.78 is 4.92. The molecule has 0 aliphatic rings. The van der Waals surface area contributed by atoms with Gasteiger partial charge in [0, 0.05) is 6.07 Å². The molecule has 9 heteroatoms. The number of hydrogen-bond donors (Lipinski definition) is 1. The number of nitro benzene ring substituents is 1. The minimum atomic E-state index is -0.736. The number of esters is 1. The number of carbonyl (C=O) groups excluding carboxylic acids is 2. The monoisotopic (exact) mass is 359 g/mol. The highest BCUT2D eigenvalue weighted by Gasteiger charge is 2.25. The smallest absolute Gasteiger partial charge is 0.348 e. The standard InChI is InChI=1S/C16H13N3O5S/c1-3-24-16(21)13-9(2)11(8-17)15(25-13)18-14(20)10-6-4-5-7-12(10)19(22)23/h4-7H,3H2,1-2H3,(H,18,20). The Morgan fingerprint density at radius 2 is 2.08 bits per heavy atom. The number of para-hydroxylation sites is 1. The summed E-state index contributed by atoms with van der Waals surface area (Å²) >= 11 is 0.897. The number of carbonyl (C=O) groups is 2. The van der Waals surface area contributed by atoms with Crippen LogP contribution in [-0.4, -0.2) is 23.4 Å². The summed E-state index contributed by atoms with van der Waals surface area (Å²) in [6.45, 7) is 3.40. The molecule has 8 nitrogen and oxygen atoms in total. The predicted octanol–water partition coefficient (Wildman–Crippen LogP) is 3.27. The topological polar surface area (TPSA) is 122 Å². The van der Waals surface area contributed by atoms with Gasteiger partial charge >= 0.3 is 5.97 Å². The Kier molecular flexibility index (Phi) is 5.46. The molecule has 0 saturated carbocycles. The fraction of sp³-hybridized carbons (Fsp3) is 0.188. The second-order valence-corrected chi connectivity index (χ2v) is 5.84. The second kappa shape index (κ2) is 7.55. The van der Waals surface area contributed by atoms with E-state index in [1.54, 1.807) is 13.8 Å². The molecule has 2 rings (SSSR count). The predicted molar refractivity (Wildman–Crippen MR) is 90.8 cm³/mol. The van der Waals surface area contributed by atoms with Crippen LogP contribution in [0.1, 0.15) is 38.1 Å². The Balaban J connectivity index is 2.40. The molecular weight excluding hydrogens is 346 g/mol. The van der Waals surface area contributed by atoms with Crippen molar-refractivity contribution in [1.29, 1.82) is 5.26 Å². The van der Waals surface area contributed by atoms with E-state index in [9.17, 15) is 25.0 Å². The molecule has 1 heterocycles. The first-order valence-corrected chi connectivity index (χ1v) is 7.97. The van der Waals surface area contributed by atoms with Gasteiger partial charge < -0.3 is 10.1 Å². The lowest BCUT2D eigenvalue weighted by Gasteiger charge is -2.04. The van der Waals surface area contributed by atoms with E-state index in [0.29, 0.717) is 5.56 Å². The molecule has 0 aliphatic carbocycles. The molecule has 25 heavy (non-hydrogen) atoms. The van der Waals surface area contributed by atoms with Crippen molar-refractivity contribution >= 4 is 33.9 Å². The van der Waals surface area contributed by atoms with Gasteiger partial charge in [-0.15, -0.1) is 11.3 Å². The molecule has 2 aromatic rings. The van der Waals surface area contributed by atoms with Crippen molar-refractivity contribution in [2.75, 3.05) is 11.9 Å². The maximum Gasteiger partial charge on any atom is 0.348 e. The van der Waals surface area contributed by atoms with E-state index in [-0.39, 0.29) is 33.3 Å². The summed E-state index contributed by atoms with van der Waals surface area (Å²) in [4.78, 5) is 34.9. The van der Waals surface area contributed by atoms with Gasteiger partial charge in [-0.2, -0.15) is 5.26 Å². The van der Waals surface area contributed by atoms with Crippen LogP contribution in [0.4, 0.5) is 10.7 Å². The number of anilines is 1. The maximum absolute atomic E-state index is 12.4. The summed E-state index contributed by atoms with van der Waals surface area (Å²) in [6.07, 6.45) is 0. The highest BCUT2D eigenvalue weighted by Crippen LogP contribution is 2.33. The molecule has 1 aromatic heterocycles. The third-order valence-electron chi connectivity index (χ3n) is 3.29. The third-order valence-corrected chi connectivity index (χ3v) is 4.48. The molecule has 1 aromatic carbocycles. The first-order chi connectivity index (χ1) is 11.9. The molecule has 0 spiro atoms. The lowest BCUT2D eigenvalue weighted by Crippen LogP contribution is -2.13. The van der Waals surface area contributed by atoms with Gasteiger partial charge in [-0.05, 0) is 25.5 Å². The van der Waals surface area contributed by atoms with Crippen molar-refractivity contribution in [3.63, 3.8) is 0 Å². The van der Waals surface area contributed by atoms with Crippen molar-refractivity contribution in [3.8, 4) is 6.07 Å². The van der Waals surface area contributed by atoms with Crippen LogP contribution in [0.2, 0.25) is 0 Å². The normalized spacial score (nSPS) is 9.96. The van der Waals surface area contributed by atoms with Gasteiger partial charge in [0.1, 0.15) is 21.5 Å². The minimum Gasteiger partial charge on any atom is -0.462 e. The van der Waals surface area contributed by atoms with E-state index in [1.807, 2.05) is 6.07 Å². The zero-order chi connectivity index (χ0) is 18.6. The molecular formula is C16H13N3O5S. The van der Waals surface area contributed by atoms with Crippen LogP contribution < -0.4 is 5.32 Å². The van der Waals surface area contributed by atoms with E-state index >= 15 is 0 Å². The first-order valence-electron chi connectivity index (χ1n) is 7.16. The van der Waals surface area contributed by atoms with E-state index in [2.05, 4.69) is 5.32 Å². The quantitative estimate of drug-likeness (QED) is 0.496. The van der Waals surface area contributed by atoms with Crippen LogP contribution in [0.5, 0.6) is 0 Å². The molecule has 0 aliphatic heterocycles. The zero-order valence-corrected chi connectivity index (χ0v) is 14.2. The lowest BCUT2D eigenvalue weighted by atomic mass is 10.1. The van der Waals surface area contributed by atoms with E-state index in [0.717, 1.165) is 11.3 Å². The number of benzene rings is 1. The Labute approximate surface area is 146 Å². The molecule has 0 unspecified atom stereocenters. The number of nitro groups is 1. The van der Waals surface area contributed by atoms with Gasteiger partial charge in [0.15, 0.2) is 0 Å². The largest absolute Gasteiger partial charge is 0.462 e. The van der Waals surface area contributed by atoms with Crippen LogP contribution >= 0.6 is 11.3 Å². The van der Waals surface area contributed by atoms with Gasteiger partial charge in [-0.25, -0.2) is 4.79 Å². The van der Waals surface area contributed by atoms with E-state index in [1.165, 1.54) is 24.3 Å². The number of nitrogens with zero attached hydrogens (tertiary/aromatic N) is 2. The SMILES string of the molecule is CCOC(=O)c1sc(NC(=O)c2ccccc2[N+](=O)[O-])c(C#N)c1C. The van der Waals surface area contributed by atoms with Crippen LogP contribution in [0.15, 0.2) is 24.3 Å². The molecule has 0 saturated heterocycles. The summed E-state index contributed by atoms with van der Waals surface area (Å²) in [6, 6.07) is 7.40. The highest BCUT2D eigenvalue weighted by molar-refractivity contribution is 7.18. The summed E-state index contributed by atoms with van der Waals surface area (Å²) in [5, 5.41) is 23.0. The number of hydrogen-bond acceptors (Lipinski definition) is 7. The number of nitriles is 1. The number of thiophene rings is 1.